The van der Waals surface area contributed by atoms with Crippen LogP contribution in [0.1, 0.15) is 36.8 Å². The van der Waals surface area contributed by atoms with Crippen LogP contribution >= 0.6 is 0 Å². The minimum Gasteiger partial charge on any atom is -0.497 e. The molecule has 98 valence electrons. The van der Waals surface area contributed by atoms with E-state index in [4.69, 9.17) is 15.2 Å². The van der Waals surface area contributed by atoms with Crippen LogP contribution in [0, 0.1) is 0 Å². The van der Waals surface area contributed by atoms with Crippen LogP contribution in [0.25, 0.3) is 0 Å². The summed E-state index contributed by atoms with van der Waals surface area (Å²) < 4.78 is 11.5. The van der Waals surface area contributed by atoms with E-state index in [-0.39, 0.29) is 11.6 Å². The molecule has 1 fully saturated rings. The highest BCUT2D eigenvalue weighted by Crippen LogP contribution is 2.44. The van der Waals surface area contributed by atoms with Gasteiger partial charge in [0.05, 0.1) is 12.7 Å². The molecule has 2 unspecified atom stereocenters. The normalized spacial score (nSPS) is 31.1. The Bertz CT molecular complexity index is 446. The molecule has 2 atom stereocenters. The Kier molecular flexibility index (Phi) is 3.04. The van der Waals surface area contributed by atoms with Crippen LogP contribution < -0.4 is 10.5 Å². The Labute approximate surface area is 108 Å². The first kappa shape index (κ1) is 12.0. The zero-order chi connectivity index (χ0) is 12.6. The molecule has 0 radical (unpaired) electrons. The van der Waals surface area contributed by atoms with Crippen LogP contribution in [0.3, 0.4) is 0 Å². The fourth-order valence-electron chi connectivity index (χ4n) is 3.40. The molecule has 2 aliphatic rings. The summed E-state index contributed by atoms with van der Waals surface area (Å²) in [5.74, 6) is 0.936. The van der Waals surface area contributed by atoms with Crippen LogP contribution in [0.2, 0.25) is 0 Å². The first-order valence-electron chi connectivity index (χ1n) is 6.80. The number of hydrogen-bond acceptors (Lipinski definition) is 3. The summed E-state index contributed by atoms with van der Waals surface area (Å²) in [6.45, 7) is 0.784. The number of rotatable bonds is 1. The lowest BCUT2D eigenvalue weighted by molar-refractivity contribution is -0.100. The zero-order valence-electron chi connectivity index (χ0n) is 10.9. The highest BCUT2D eigenvalue weighted by atomic mass is 16.5. The van der Waals surface area contributed by atoms with E-state index in [0.717, 1.165) is 38.0 Å². The summed E-state index contributed by atoms with van der Waals surface area (Å²) in [6.07, 6.45) is 5.32. The van der Waals surface area contributed by atoms with Crippen molar-refractivity contribution in [3.8, 4) is 5.75 Å². The van der Waals surface area contributed by atoms with Crippen LogP contribution in [0.4, 0.5) is 0 Å². The van der Waals surface area contributed by atoms with Gasteiger partial charge in [0, 0.05) is 12.6 Å². The van der Waals surface area contributed by atoms with Gasteiger partial charge in [-0.1, -0.05) is 6.07 Å². The van der Waals surface area contributed by atoms with Gasteiger partial charge in [-0.25, -0.2) is 0 Å². The van der Waals surface area contributed by atoms with Crippen molar-refractivity contribution in [3.63, 3.8) is 0 Å². The molecular weight excluding hydrogens is 226 g/mol. The Morgan fingerprint density at radius 2 is 2.33 bits per heavy atom. The molecule has 1 aromatic rings. The first-order valence-corrected chi connectivity index (χ1v) is 6.80. The Hall–Kier alpha value is -1.06. The molecule has 1 aromatic carbocycles. The fraction of sp³-hybridized carbons (Fsp3) is 0.600. The highest BCUT2D eigenvalue weighted by molar-refractivity contribution is 5.41. The van der Waals surface area contributed by atoms with Gasteiger partial charge in [-0.3, -0.25) is 0 Å². The monoisotopic (exact) mass is 247 g/mol. The highest BCUT2D eigenvalue weighted by Gasteiger charge is 2.41. The van der Waals surface area contributed by atoms with E-state index < -0.39 is 0 Å². The maximum atomic E-state index is 6.16. The standard InChI is InChI=1S/C15H21NO2/c1-17-13-4-5-14-11(9-13)3-2-7-15(14)10-12(16)6-8-18-15/h4-5,9,12H,2-3,6-8,10,16H2,1H3. The van der Waals surface area contributed by atoms with Gasteiger partial charge in [0.2, 0.25) is 0 Å². The number of ether oxygens (including phenoxy) is 2. The molecular formula is C15H21NO2. The van der Waals surface area contributed by atoms with Gasteiger partial charge >= 0.3 is 0 Å². The summed E-state index contributed by atoms with van der Waals surface area (Å²) in [5.41, 5.74) is 8.73. The molecule has 18 heavy (non-hydrogen) atoms. The van der Waals surface area contributed by atoms with Crippen LogP contribution in [0.15, 0.2) is 18.2 Å². The van der Waals surface area contributed by atoms with Gasteiger partial charge in [0.1, 0.15) is 5.75 Å². The van der Waals surface area contributed by atoms with E-state index in [1.807, 2.05) is 6.07 Å². The molecule has 0 saturated carbocycles. The van der Waals surface area contributed by atoms with Crippen molar-refractivity contribution in [2.45, 2.75) is 43.7 Å². The molecule has 1 spiro atoms. The van der Waals surface area contributed by atoms with Crippen molar-refractivity contribution in [1.29, 1.82) is 0 Å². The van der Waals surface area contributed by atoms with Crippen molar-refractivity contribution >= 4 is 0 Å². The molecule has 1 heterocycles. The largest absolute Gasteiger partial charge is 0.497 e. The summed E-state index contributed by atoms with van der Waals surface area (Å²) in [7, 11) is 1.72. The average Bonchev–Trinajstić information content (AvgIpc) is 2.38. The molecule has 1 saturated heterocycles. The number of methoxy groups -OCH3 is 1. The minimum atomic E-state index is -0.127. The second-order valence-electron chi connectivity index (χ2n) is 5.47. The lowest BCUT2D eigenvalue weighted by Crippen LogP contribution is -2.44. The average molecular weight is 247 g/mol. The molecule has 3 nitrogen and oxygen atoms in total. The van der Waals surface area contributed by atoms with Gasteiger partial charge in [-0.2, -0.15) is 0 Å². The topological polar surface area (TPSA) is 44.5 Å². The molecule has 0 amide bonds. The molecule has 1 aliphatic carbocycles. The van der Waals surface area contributed by atoms with Crippen molar-refractivity contribution in [2.75, 3.05) is 13.7 Å². The smallest absolute Gasteiger partial charge is 0.119 e. The number of nitrogens with two attached hydrogens (primary N) is 1. The zero-order valence-corrected chi connectivity index (χ0v) is 10.9. The van der Waals surface area contributed by atoms with Gasteiger partial charge in [-0.05, 0) is 55.4 Å². The molecule has 0 aromatic heterocycles. The van der Waals surface area contributed by atoms with Gasteiger partial charge in [0.25, 0.3) is 0 Å². The van der Waals surface area contributed by atoms with Gasteiger partial charge < -0.3 is 15.2 Å². The van der Waals surface area contributed by atoms with Crippen molar-refractivity contribution in [1.82, 2.24) is 0 Å². The van der Waals surface area contributed by atoms with Crippen molar-refractivity contribution < 1.29 is 9.47 Å². The third-order valence-corrected chi connectivity index (χ3v) is 4.29. The molecule has 0 bridgehead atoms. The van der Waals surface area contributed by atoms with E-state index >= 15 is 0 Å². The maximum absolute atomic E-state index is 6.16. The Morgan fingerprint density at radius 1 is 1.44 bits per heavy atom. The van der Waals surface area contributed by atoms with Crippen LogP contribution in [-0.4, -0.2) is 19.8 Å². The van der Waals surface area contributed by atoms with E-state index in [1.165, 1.54) is 17.5 Å². The van der Waals surface area contributed by atoms with Crippen LogP contribution in [0.5, 0.6) is 5.75 Å². The van der Waals surface area contributed by atoms with Gasteiger partial charge in [-0.15, -0.1) is 0 Å². The number of fused-ring (bicyclic) bond motifs is 2. The predicted octanol–water partition coefficient (Wildman–Crippen LogP) is 2.36. The summed E-state index contributed by atoms with van der Waals surface area (Å²) in [6, 6.07) is 6.63. The second kappa shape index (κ2) is 4.56. The van der Waals surface area contributed by atoms with E-state index in [1.54, 1.807) is 7.11 Å². The Morgan fingerprint density at radius 3 is 3.11 bits per heavy atom. The molecule has 3 heteroatoms. The lowest BCUT2D eigenvalue weighted by Gasteiger charge is -2.44. The molecule has 1 aliphatic heterocycles. The third-order valence-electron chi connectivity index (χ3n) is 4.29. The molecule has 2 N–H and O–H groups in total. The first-order chi connectivity index (χ1) is 8.73. The predicted molar refractivity (Wildman–Crippen MR) is 70.8 cm³/mol. The number of benzene rings is 1. The van der Waals surface area contributed by atoms with E-state index in [9.17, 15) is 0 Å². The van der Waals surface area contributed by atoms with Gasteiger partial charge in [0.15, 0.2) is 0 Å². The van der Waals surface area contributed by atoms with Crippen LogP contribution in [-0.2, 0) is 16.8 Å². The number of aryl methyl sites for hydroxylation is 1. The number of hydrogen-bond donors (Lipinski definition) is 1. The van der Waals surface area contributed by atoms with E-state index in [2.05, 4.69) is 12.1 Å². The molecule has 3 rings (SSSR count). The van der Waals surface area contributed by atoms with E-state index in [0.29, 0.717) is 0 Å². The van der Waals surface area contributed by atoms with Crippen molar-refractivity contribution in [2.24, 2.45) is 5.73 Å². The fourth-order valence-corrected chi connectivity index (χ4v) is 3.40. The third kappa shape index (κ3) is 1.91. The Balaban J connectivity index is 2.00. The quantitative estimate of drug-likeness (QED) is 0.828. The summed E-state index contributed by atoms with van der Waals surface area (Å²) in [5, 5.41) is 0. The lowest BCUT2D eigenvalue weighted by atomic mass is 9.74. The minimum absolute atomic E-state index is 0.127. The SMILES string of the molecule is COc1ccc2c(c1)CCCC21CC(N)CCO1. The van der Waals surface area contributed by atoms with Crippen molar-refractivity contribution in [3.05, 3.63) is 29.3 Å². The maximum Gasteiger partial charge on any atom is 0.119 e. The summed E-state index contributed by atoms with van der Waals surface area (Å²) >= 11 is 0. The second-order valence-corrected chi connectivity index (χ2v) is 5.47. The summed E-state index contributed by atoms with van der Waals surface area (Å²) in [4.78, 5) is 0.